The number of likely N-dealkylation sites (tertiary alicyclic amines) is 1. The van der Waals surface area contributed by atoms with Crippen molar-refractivity contribution in [2.75, 3.05) is 19.6 Å². The number of hydrogen-bond acceptors (Lipinski definition) is 2. The molecule has 0 aromatic carbocycles. The second kappa shape index (κ2) is 5.82. The number of nitrogens with one attached hydrogen (secondary N) is 1. The molecule has 3 nitrogen and oxygen atoms in total. The minimum Gasteiger partial charge on any atom is -0.355 e. The van der Waals surface area contributed by atoms with Gasteiger partial charge in [-0.15, -0.1) is 0 Å². The van der Waals surface area contributed by atoms with Crippen LogP contribution in [-0.4, -0.2) is 36.5 Å². The van der Waals surface area contributed by atoms with Crippen molar-refractivity contribution >= 4 is 5.91 Å². The summed E-state index contributed by atoms with van der Waals surface area (Å²) in [6.07, 6.45) is 8.96. The van der Waals surface area contributed by atoms with Gasteiger partial charge in [-0.05, 0) is 69.9 Å². The fourth-order valence-electron chi connectivity index (χ4n) is 4.51. The lowest BCUT2D eigenvalue weighted by Gasteiger charge is -2.25. The van der Waals surface area contributed by atoms with Crippen molar-refractivity contribution in [3.63, 3.8) is 0 Å². The Kier molecular flexibility index (Phi) is 4.11. The van der Waals surface area contributed by atoms with Gasteiger partial charge in [-0.2, -0.15) is 0 Å². The molecule has 0 aromatic heterocycles. The van der Waals surface area contributed by atoms with Crippen molar-refractivity contribution in [2.24, 2.45) is 17.8 Å². The molecular formula is C16H28N2O. The van der Waals surface area contributed by atoms with Crippen LogP contribution in [0.3, 0.4) is 0 Å². The van der Waals surface area contributed by atoms with Crippen LogP contribution in [-0.2, 0) is 4.79 Å². The van der Waals surface area contributed by atoms with E-state index >= 15 is 0 Å². The summed E-state index contributed by atoms with van der Waals surface area (Å²) in [5.74, 6) is 2.81. The predicted octanol–water partition coefficient (Wildman–Crippen LogP) is 2.41. The predicted molar refractivity (Wildman–Crippen MR) is 76.8 cm³/mol. The molecule has 3 fully saturated rings. The SMILES string of the molecule is C[C@@H](CNC(=O)C[C@@H]1C[C@H]2CC[C@H]1C2)N1CCCC1. The minimum atomic E-state index is 0.295. The maximum atomic E-state index is 12.1. The first kappa shape index (κ1) is 13.4. The summed E-state index contributed by atoms with van der Waals surface area (Å²) >= 11 is 0. The van der Waals surface area contributed by atoms with Crippen LogP contribution in [0.4, 0.5) is 0 Å². The van der Waals surface area contributed by atoms with E-state index in [4.69, 9.17) is 0 Å². The molecule has 0 radical (unpaired) electrons. The highest BCUT2D eigenvalue weighted by Gasteiger charge is 2.40. The summed E-state index contributed by atoms with van der Waals surface area (Å²) in [5.41, 5.74) is 0. The smallest absolute Gasteiger partial charge is 0.220 e. The number of amides is 1. The molecule has 3 rings (SSSR count). The quantitative estimate of drug-likeness (QED) is 0.827. The fraction of sp³-hybridized carbons (Fsp3) is 0.938. The Hall–Kier alpha value is -0.570. The van der Waals surface area contributed by atoms with Crippen molar-refractivity contribution in [1.82, 2.24) is 10.2 Å². The fourth-order valence-corrected chi connectivity index (χ4v) is 4.51. The van der Waals surface area contributed by atoms with Crippen LogP contribution in [0.5, 0.6) is 0 Å². The van der Waals surface area contributed by atoms with E-state index in [9.17, 15) is 4.79 Å². The van der Waals surface area contributed by atoms with Crippen LogP contribution in [0.1, 0.15) is 51.9 Å². The molecule has 2 aliphatic carbocycles. The average molecular weight is 264 g/mol. The monoisotopic (exact) mass is 264 g/mol. The molecule has 0 spiro atoms. The molecule has 2 bridgehead atoms. The number of carbonyl (C=O) groups is 1. The third-order valence-corrected chi connectivity index (χ3v) is 5.69. The third kappa shape index (κ3) is 3.13. The van der Waals surface area contributed by atoms with E-state index in [0.29, 0.717) is 17.9 Å². The van der Waals surface area contributed by atoms with E-state index in [1.165, 1.54) is 51.6 Å². The Morgan fingerprint density at radius 1 is 1.26 bits per heavy atom. The van der Waals surface area contributed by atoms with Gasteiger partial charge in [0.15, 0.2) is 0 Å². The molecule has 108 valence electrons. The number of rotatable bonds is 5. The van der Waals surface area contributed by atoms with Crippen molar-refractivity contribution in [1.29, 1.82) is 0 Å². The molecule has 2 saturated carbocycles. The molecule has 3 aliphatic rings. The zero-order chi connectivity index (χ0) is 13.2. The van der Waals surface area contributed by atoms with E-state index in [-0.39, 0.29) is 0 Å². The summed E-state index contributed by atoms with van der Waals surface area (Å²) in [6, 6.07) is 0.506. The van der Waals surface area contributed by atoms with E-state index in [0.717, 1.165) is 24.8 Å². The minimum absolute atomic E-state index is 0.295. The van der Waals surface area contributed by atoms with Crippen molar-refractivity contribution < 1.29 is 4.79 Å². The third-order valence-electron chi connectivity index (χ3n) is 5.69. The lowest BCUT2D eigenvalue weighted by molar-refractivity contribution is -0.122. The second-order valence-corrected chi connectivity index (χ2v) is 7.04. The van der Waals surface area contributed by atoms with Gasteiger partial charge in [0.05, 0.1) is 0 Å². The Labute approximate surface area is 117 Å². The lowest BCUT2D eigenvalue weighted by Crippen LogP contribution is -2.41. The van der Waals surface area contributed by atoms with Gasteiger partial charge in [0.2, 0.25) is 5.91 Å². The highest BCUT2D eigenvalue weighted by molar-refractivity contribution is 5.76. The number of nitrogens with zero attached hydrogens (tertiary/aromatic N) is 1. The Balaban J connectivity index is 1.37. The average Bonchev–Trinajstić information content (AvgIpc) is 3.12. The highest BCUT2D eigenvalue weighted by atomic mass is 16.1. The van der Waals surface area contributed by atoms with Crippen LogP contribution in [0.15, 0.2) is 0 Å². The second-order valence-electron chi connectivity index (χ2n) is 7.04. The van der Waals surface area contributed by atoms with Gasteiger partial charge in [0.25, 0.3) is 0 Å². The van der Waals surface area contributed by atoms with Crippen LogP contribution in [0.25, 0.3) is 0 Å². The Morgan fingerprint density at radius 3 is 2.68 bits per heavy atom. The lowest BCUT2D eigenvalue weighted by atomic mass is 9.86. The maximum absolute atomic E-state index is 12.1. The number of hydrogen-bond donors (Lipinski definition) is 1. The molecule has 4 atom stereocenters. The Morgan fingerprint density at radius 2 is 2.05 bits per heavy atom. The van der Waals surface area contributed by atoms with Gasteiger partial charge >= 0.3 is 0 Å². The van der Waals surface area contributed by atoms with Gasteiger partial charge < -0.3 is 5.32 Å². The van der Waals surface area contributed by atoms with Crippen LogP contribution in [0.2, 0.25) is 0 Å². The molecule has 3 heteroatoms. The summed E-state index contributed by atoms with van der Waals surface area (Å²) in [7, 11) is 0. The molecule has 1 aliphatic heterocycles. The Bertz CT molecular complexity index is 325. The van der Waals surface area contributed by atoms with Crippen LogP contribution < -0.4 is 5.32 Å². The van der Waals surface area contributed by atoms with Gasteiger partial charge in [-0.3, -0.25) is 9.69 Å². The first-order valence-electron chi connectivity index (χ1n) is 8.23. The van der Waals surface area contributed by atoms with Crippen molar-refractivity contribution in [3.05, 3.63) is 0 Å². The summed E-state index contributed by atoms with van der Waals surface area (Å²) < 4.78 is 0. The van der Waals surface area contributed by atoms with Gasteiger partial charge in [-0.1, -0.05) is 6.42 Å². The van der Waals surface area contributed by atoms with E-state index < -0.39 is 0 Å². The highest BCUT2D eigenvalue weighted by Crippen LogP contribution is 2.49. The molecule has 0 unspecified atom stereocenters. The van der Waals surface area contributed by atoms with Gasteiger partial charge in [-0.25, -0.2) is 0 Å². The van der Waals surface area contributed by atoms with E-state index in [1.807, 2.05) is 0 Å². The largest absolute Gasteiger partial charge is 0.355 e. The summed E-state index contributed by atoms with van der Waals surface area (Å²) in [6.45, 7) is 5.50. The molecule has 1 heterocycles. The van der Waals surface area contributed by atoms with E-state index in [2.05, 4.69) is 17.1 Å². The summed E-state index contributed by atoms with van der Waals surface area (Å²) in [4.78, 5) is 14.6. The van der Waals surface area contributed by atoms with Crippen LogP contribution in [0, 0.1) is 17.8 Å². The molecule has 0 aromatic rings. The number of carbonyl (C=O) groups excluding carboxylic acids is 1. The first-order chi connectivity index (χ1) is 9.22. The molecule has 1 saturated heterocycles. The van der Waals surface area contributed by atoms with Crippen molar-refractivity contribution in [2.45, 2.75) is 57.9 Å². The molecule has 1 N–H and O–H groups in total. The topological polar surface area (TPSA) is 32.3 Å². The number of fused-ring (bicyclic) bond motifs is 2. The molecule has 19 heavy (non-hydrogen) atoms. The zero-order valence-electron chi connectivity index (χ0n) is 12.2. The molecule has 1 amide bonds. The first-order valence-corrected chi connectivity index (χ1v) is 8.23. The van der Waals surface area contributed by atoms with Crippen molar-refractivity contribution in [3.8, 4) is 0 Å². The zero-order valence-corrected chi connectivity index (χ0v) is 12.2. The van der Waals surface area contributed by atoms with E-state index in [1.54, 1.807) is 0 Å². The summed E-state index contributed by atoms with van der Waals surface area (Å²) in [5, 5.41) is 3.17. The van der Waals surface area contributed by atoms with Crippen LogP contribution >= 0.6 is 0 Å². The molecular weight excluding hydrogens is 236 g/mol. The standard InChI is InChI=1S/C16H28N2O/c1-12(18-6-2-3-7-18)11-17-16(19)10-15-9-13-4-5-14(15)8-13/h12-15H,2-11H2,1H3,(H,17,19)/t12-,13-,14-,15-/m0/s1. The van der Waals surface area contributed by atoms with Gasteiger partial charge in [0.1, 0.15) is 0 Å². The maximum Gasteiger partial charge on any atom is 0.220 e. The normalized spacial score (nSPS) is 35.7. The van der Waals surface area contributed by atoms with Gasteiger partial charge in [0, 0.05) is 19.0 Å².